The average molecular weight is 513 g/mol. The lowest BCUT2D eigenvalue weighted by Crippen LogP contribution is -2.36. The van der Waals surface area contributed by atoms with E-state index < -0.39 is 17.6 Å². The van der Waals surface area contributed by atoms with Gasteiger partial charge in [-0.15, -0.1) is 0 Å². The van der Waals surface area contributed by atoms with Crippen LogP contribution in [0.3, 0.4) is 0 Å². The van der Waals surface area contributed by atoms with E-state index >= 15 is 0 Å². The van der Waals surface area contributed by atoms with Crippen molar-refractivity contribution in [3.8, 4) is 34.8 Å². The van der Waals surface area contributed by atoms with Crippen LogP contribution in [0.15, 0.2) is 36.4 Å². The van der Waals surface area contributed by atoms with Crippen LogP contribution in [0.25, 0.3) is 0 Å². The molecule has 0 aliphatic carbocycles. The molecule has 0 saturated heterocycles. The van der Waals surface area contributed by atoms with E-state index in [2.05, 4.69) is 6.07 Å². The zero-order valence-electron chi connectivity index (χ0n) is 22.2. The first kappa shape index (κ1) is 27.9. The molecule has 200 valence electrons. The third-order valence-corrected chi connectivity index (χ3v) is 7.35. The van der Waals surface area contributed by atoms with Crippen molar-refractivity contribution >= 4 is 0 Å². The van der Waals surface area contributed by atoms with Gasteiger partial charge in [0.1, 0.15) is 12.7 Å². The number of hydrogen-bond donors (Lipinski definition) is 0. The monoisotopic (exact) mass is 512 g/mol. The number of methoxy groups -OCH3 is 3. The van der Waals surface area contributed by atoms with Gasteiger partial charge in [0.05, 0.1) is 39.2 Å². The Balaban J connectivity index is 1.81. The Morgan fingerprint density at radius 1 is 1.14 bits per heavy atom. The molecule has 0 fully saturated rings. The number of hydrogen-bond acceptors (Lipinski definition) is 8. The number of benzene rings is 2. The molecule has 0 saturated carbocycles. The summed E-state index contributed by atoms with van der Waals surface area (Å²) < 4.78 is 28.4. The largest absolute Gasteiger partial charge is 0.493 e. The Hall–Kier alpha value is -3.67. The molecule has 0 bridgehead atoms. The molecule has 0 N–H and O–H groups in total. The minimum atomic E-state index is -0.926. The van der Waals surface area contributed by atoms with E-state index in [-0.39, 0.29) is 23.9 Å². The van der Waals surface area contributed by atoms with Gasteiger partial charge in [0.25, 0.3) is 0 Å². The highest BCUT2D eigenvalue weighted by Gasteiger charge is 2.41. The Kier molecular flexibility index (Phi) is 9.45. The molecule has 9 nitrogen and oxygen atoms in total. The van der Waals surface area contributed by atoms with Crippen molar-refractivity contribution < 1.29 is 28.6 Å². The second kappa shape index (κ2) is 12.5. The van der Waals surface area contributed by atoms with Gasteiger partial charge in [0.15, 0.2) is 23.0 Å². The smallest absolute Gasteiger partial charge is 0.216 e. The summed E-state index contributed by atoms with van der Waals surface area (Å²) >= 11 is 0. The minimum Gasteiger partial charge on any atom is -0.493 e. The second-order valence-corrected chi connectivity index (χ2v) is 9.34. The van der Waals surface area contributed by atoms with Crippen molar-refractivity contribution in [2.45, 2.75) is 63.5 Å². The normalized spacial score (nSPS) is 17.6. The van der Waals surface area contributed by atoms with Crippen LogP contribution in [0.4, 0.5) is 0 Å². The molecule has 0 radical (unpaired) electrons. The zero-order chi connectivity index (χ0) is 27.0. The van der Waals surface area contributed by atoms with Gasteiger partial charge in [-0.25, -0.2) is 0 Å². The summed E-state index contributed by atoms with van der Waals surface area (Å²) in [6.07, 6.45) is 1.78. The molecule has 1 aliphatic heterocycles. The lowest BCUT2D eigenvalue weighted by atomic mass is 9.67. The molecule has 4 unspecified atom stereocenters. The van der Waals surface area contributed by atoms with E-state index in [0.717, 1.165) is 6.42 Å². The highest BCUT2D eigenvalue weighted by atomic mass is 16.6. The van der Waals surface area contributed by atoms with Gasteiger partial charge >= 0.3 is 0 Å². The molecule has 1 heterocycles. The van der Waals surface area contributed by atoms with Crippen LogP contribution in [0.5, 0.6) is 28.7 Å². The van der Waals surface area contributed by atoms with Gasteiger partial charge in [-0.05, 0) is 43.0 Å². The second-order valence-electron chi connectivity index (χ2n) is 9.34. The van der Waals surface area contributed by atoms with Crippen LogP contribution < -0.4 is 23.7 Å². The topological polar surface area (TPSA) is 113 Å². The Bertz CT molecular complexity index is 1120. The molecule has 2 aromatic rings. The molecule has 1 aliphatic rings. The SMILES string of the molecule is CCC(C)C(C#N)(CCCC(CC1COc2ccccc2O1)[N+](=O)[O-])c1ccc(OC)c(OC)c1OC. The van der Waals surface area contributed by atoms with Crippen molar-refractivity contribution in [1.82, 2.24) is 0 Å². The molecule has 9 heteroatoms. The predicted molar refractivity (Wildman–Crippen MR) is 138 cm³/mol. The summed E-state index contributed by atoms with van der Waals surface area (Å²) in [6.45, 7) is 4.32. The first-order chi connectivity index (χ1) is 17.8. The van der Waals surface area contributed by atoms with E-state index in [4.69, 9.17) is 23.7 Å². The van der Waals surface area contributed by atoms with Crippen molar-refractivity contribution in [1.29, 1.82) is 5.26 Å². The summed E-state index contributed by atoms with van der Waals surface area (Å²) in [4.78, 5) is 11.7. The van der Waals surface area contributed by atoms with E-state index in [0.29, 0.717) is 53.6 Å². The van der Waals surface area contributed by atoms with Gasteiger partial charge < -0.3 is 23.7 Å². The molecule has 0 aromatic heterocycles. The summed E-state index contributed by atoms with van der Waals surface area (Å²) in [6, 6.07) is 12.6. The van der Waals surface area contributed by atoms with E-state index in [9.17, 15) is 15.4 Å². The fourth-order valence-corrected chi connectivity index (χ4v) is 5.08. The molecular formula is C28H36N2O7. The van der Waals surface area contributed by atoms with Crippen molar-refractivity contribution in [2.24, 2.45) is 5.92 Å². The number of fused-ring (bicyclic) bond motifs is 1. The third-order valence-electron chi connectivity index (χ3n) is 7.35. The number of nitrogens with zero attached hydrogens (tertiary/aromatic N) is 2. The fourth-order valence-electron chi connectivity index (χ4n) is 5.08. The standard InChI is InChI=1S/C28H36N2O7/c1-6-19(2)28(18-29,22-13-14-25(33-3)27(35-5)26(22)34-4)15-9-10-20(30(31)32)16-21-17-36-23-11-7-8-12-24(23)37-21/h7-8,11-14,19-21H,6,9-10,15-17H2,1-5H3. The van der Waals surface area contributed by atoms with Crippen LogP contribution in [-0.4, -0.2) is 45.0 Å². The molecular weight excluding hydrogens is 476 g/mol. The van der Waals surface area contributed by atoms with Gasteiger partial charge in [0.2, 0.25) is 11.8 Å². The predicted octanol–water partition coefficient (Wildman–Crippen LogP) is 5.57. The summed E-state index contributed by atoms with van der Waals surface area (Å²) in [7, 11) is 4.60. The maximum Gasteiger partial charge on any atom is 0.216 e. The fraction of sp³-hybridized carbons (Fsp3) is 0.536. The molecule has 0 spiro atoms. The zero-order valence-corrected chi connectivity index (χ0v) is 22.2. The molecule has 4 atom stereocenters. The van der Waals surface area contributed by atoms with Crippen LogP contribution in [0, 0.1) is 27.4 Å². The van der Waals surface area contributed by atoms with E-state index in [1.165, 1.54) is 14.2 Å². The van der Waals surface area contributed by atoms with Crippen molar-refractivity contribution in [2.75, 3.05) is 27.9 Å². The van der Waals surface area contributed by atoms with E-state index in [1.54, 1.807) is 19.2 Å². The number of para-hydroxylation sites is 2. The van der Waals surface area contributed by atoms with Gasteiger partial charge in [-0.2, -0.15) is 5.26 Å². The highest BCUT2D eigenvalue weighted by Crippen LogP contribution is 2.49. The first-order valence-corrected chi connectivity index (χ1v) is 12.6. The van der Waals surface area contributed by atoms with Gasteiger partial charge in [-0.3, -0.25) is 10.1 Å². The van der Waals surface area contributed by atoms with E-state index in [1.807, 2.05) is 38.1 Å². The maximum atomic E-state index is 12.0. The average Bonchev–Trinajstić information content (AvgIpc) is 2.93. The quantitative estimate of drug-likeness (QED) is 0.253. The molecule has 2 aromatic carbocycles. The highest BCUT2D eigenvalue weighted by molar-refractivity contribution is 5.59. The lowest BCUT2D eigenvalue weighted by Gasteiger charge is -2.35. The van der Waals surface area contributed by atoms with Crippen LogP contribution in [0.2, 0.25) is 0 Å². The number of ether oxygens (including phenoxy) is 5. The first-order valence-electron chi connectivity index (χ1n) is 12.6. The van der Waals surface area contributed by atoms with Crippen molar-refractivity contribution in [3.63, 3.8) is 0 Å². The summed E-state index contributed by atoms with van der Waals surface area (Å²) in [5, 5.41) is 22.5. The molecule has 3 rings (SSSR count). The third kappa shape index (κ3) is 5.85. The van der Waals surface area contributed by atoms with Gasteiger partial charge in [-0.1, -0.05) is 32.4 Å². The summed E-state index contributed by atoms with van der Waals surface area (Å²) in [5.41, 5.74) is -0.229. The number of nitro groups is 1. The van der Waals surface area contributed by atoms with Gasteiger partial charge in [0, 0.05) is 16.9 Å². The Labute approximate surface area is 218 Å². The lowest BCUT2D eigenvalue weighted by molar-refractivity contribution is -0.526. The number of rotatable bonds is 13. The molecule has 37 heavy (non-hydrogen) atoms. The van der Waals surface area contributed by atoms with Crippen LogP contribution >= 0.6 is 0 Å². The maximum absolute atomic E-state index is 12.0. The molecule has 0 amide bonds. The van der Waals surface area contributed by atoms with Crippen LogP contribution in [0.1, 0.15) is 51.5 Å². The summed E-state index contributed by atoms with van der Waals surface area (Å²) in [5.74, 6) is 2.58. The van der Waals surface area contributed by atoms with Crippen molar-refractivity contribution in [3.05, 3.63) is 52.1 Å². The number of nitriles is 1. The van der Waals surface area contributed by atoms with Crippen LogP contribution in [-0.2, 0) is 5.41 Å². The Morgan fingerprint density at radius 2 is 1.84 bits per heavy atom. The minimum absolute atomic E-state index is 0.0369. The Morgan fingerprint density at radius 3 is 2.43 bits per heavy atom.